The second kappa shape index (κ2) is 5.75. The van der Waals surface area contributed by atoms with Gasteiger partial charge < -0.3 is 0 Å². The molecule has 2 rings (SSSR count). The standard InChI is InChI=1S/C16H15NS/c1-16(13-17,15-10-6-3-7-11-15)18-12-14-8-4-2-5-9-14/h2-11H,12H2,1H3. The van der Waals surface area contributed by atoms with Crippen molar-refractivity contribution in [3.63, 3.8) is 0 Å². The van der Waals surface area contributed by atoms with Crippen molar-refractivity contribution in [1.82, 2.24) is 0 Å². The monoisotopic (exact) mass is 253 g/mol. The molecule has 0 radical (unpaired) electrons. The van der Waals surface area contributed by atoms with Crippen molar-refractivity contribution in [2.75, 3.05) is 0 Å². The van der Waals surface area contributed by atoms with E-state index < -0.39 is 4.75 Å². The summed E-state index contributed by atoms with van der Waals surface area (Å²) in [5, 5.41) is 9.45. The molecule has 2 aromatic carbocycles. The predicted molar refractivity (Wildman–Crippen MR) is 77.1 cm³/mol. The fourth-order valence-corrected chi connectivity index (χ4v) is 2.75. The zero-order valence-electron chi connectivity index (χ0n) is 10.3. The summed E-state index contributed by atoms with van der Waals surface area (Å²) in [5.74, 6) is 0.847. The third-order valence-corrected chi connectivity index (χ3v) is 4.29. The van der Waals surface area contributed by atoms with Crippen LogP contribution in [0.4, 0.5) is 0 Å². The summed E-state index contributed by atoms with van der Waals surface area (Å²) in [6.45, 7) is 1.98. The number of hydrogen-bond acceptors (Lipinski definition) is 2. The largest absolute Gasteiger partial charge is 0.196 e. The Morgan fingerprint density at radius 1 is 1.00 bits per heavy atom. The van der Waals surface area contributed by atoms with E-state index in [-0.39, 0.29) is 0 Å². The molecule has 0 saturated carbocycles. The highest BCUT2D eigenvalue weighted by Gasteiger charge is 2.26. The van der Waals surface area contributed by atoms with Crippen LogP contribution in [0.1, 0.15) is 18.1 Å². The van der Waals surface area contributed by atoms with Gasteiger partial charge in [0, 0.05) is 5.75 Å². The van der Waals surface area contributed by atoms with Gasteiger partial charge in [-0.3, -0.25) is 0 Å². The van der Waals surface area contributed by atoms with Gasteiger partial charge in [-0.05, 0) is 18.1 Å². The van der Waals surface area contributed by atoms with E-state index in [4.69, 9.17) is 0 Å². The Morgan fingerprint density at radius 2 is 1.56 bits per heavy atom. The smallest absolute Gasteiger partial charge is 0.125 e. The molecule has 0 N–H and O–H groups in total. The first-order chi connectivity index (χ1) is 8.74. The molecule has 1 atom stereocenters. The number of nitrogens with zero attached hydrogens (tertiary/aromatic N) is 1. The molecule has 0 fully saturated rings. The van der Waals surface area contributed by atoms with Gasteiger partial charge in [-0.15, -0.1) is 11.8 Å². The predicted octanol–water partition coefficient (Wildman–Crippen LogP) is 4.36. The van der Waals surface area contributed by atoms with E-state index in [2.05, 4.69) is 18.2 Å². The fourth-order valence-electron chi connectivity index (χ4n) is 1.74. The van der Waals surface area contributed by atoms with Crippen LogP contribution in [0.25, 0.3) is 0 Å². The summed E-state index contributed by atoms with van der Waals surface area (Å²) in [5.41, 5.74) is 2.31. The molecular weight excluding hydrogens is 238 g/mol. The highest BCUT2D eigenvalue weighted by atomic mass is 32.2. The molecule has 2 aromatic rings. The Kier molecular flexibility index (Phi) is 4.07. The van der Waals surface area contributed by atoms with Gasteiger partial charge >= 0.3 is 0 Å². The third-order valence-electron chi connectivity index (χ3n) is 2.91. The van der Waals surface area contributed by atoms with Crippen LogP contribution in [0.15, 0.2) is 60.7 Å². The van der Waals surface area contributed by atoms with Crippen molar-refractivity contribution >= 4 is 11.8 Å². The minimum atomic E-state index is -0.489. The first-order valence-corrected chi connectivity index (χ1v) is 6.88. The third kappa shape index (κ3) is 2.94. The molecule has 2 heteroatoms. The molecule has 1 nitrogen and oxygen atoms in total. The lowest BCUT2D eigenvalue weighted by Gasteiger charge is -2.21. The van der Waals surface area contributed by atoms with Crippen LogP contribution >= 0.6 is 11.8 Å². The lowest BCUT2D eigenvalue weighted by Crippen LogP contribution is -2.14. The first-order valence-electron chi connectivity index (χ1n) is 5.89. The molecule has 0 heterocycles. The zero-order valence-corrected chi connectivity index (χ0v) is 11.2. The molecule has 18 heavy (non-hydrogen) atoms. The second-order valence-corrected chi connectivity index (χ2v) is 5.68. The lowest BCUT2D eigenvalue weighted by atomic mass is 10.0. The molecule has 0 saturated heterocycles. The molecular formula is C16H15NS. The van der Waals surface area contributed by atoms with Gasteiger partial charge in [0.2, 0.25) is 0 Å². The molecule has 0 aliphatic rings. The number of hydrogen-bond donors (Lipinski definition) is 0. The minimum Gasteiger partial charge on any atom is -0.196 e. The van der Waals surface area contributed by atoms with E-state index in [1.165, 1.54) is 5.56 Å². The molecule has 0 aromatic heterocycles. The molecule has 0 aliphatic carbocycles. The lowest BCUT2D eigenvalue weighted by molar-refractivity contribution is 0.894. The zero-order chi connectivity index (χ0) is 12.8. The Hall–Kier alpha value is -1.72. The van der Waals surface area contributed by atoms with Crippen molar-refractivity contribution in [1.29, 1.82) is 5.26 Å². The first kappa shape index (κ1) is 12.7. The number of nitriles is 1. The van der Waals surface area contributed by atoms with Crippen LogP contribution in [-0.2, 0) is 10.5 Å². The molecule has 0 bridgehead atoms. The van der Waals surface area contributed by atoms with Crippen molar-refractivity contribution in [3.8, 4) is 6.07 Å². The van der Waals surface area contributed by atoms with Crippen LogP contribution in [0.3, 0.4) is 0 Å². The van der Waals surface area contributed by atoms with Crippen molar-refractivity contribution in [3.05, 3.63) is 71.8 Å². The van der Waals surface area contributed by atoms with Gasteiger partial charge in [0.15, 0.2) is 0 Å². The van der Waals surface area contributed by atoms with Gasteiger partial charge in [-0.25, -0.2) is 0 Å². The summed E-state index contributed by atoms with van der Waals surface area (Å²) in [6.07, 6.45) is 0. The summed E-state index contributed by atoms with van der Waals surface area (Å²) in [7, 11) is 0. The van der Waals surface area contributed by atoms with E-state index in [1.54, 1.807) is 11.8 Å². The van der Waals surface area contributed by atoms with Crippen LogP contribution in [0.2, 0.25) is 0 Å². The Bertz CT molecular complexity index is 530. The van der Waals surface area contributed by atoms with Crippen molar-refractivity contribution in [2.24, 2.45) is 0 Å². The Morgan fingerprint density at radius 3 is 2.11 bits per heavy atom. The molecule has 1 unspecified atom stereocenters. The van der Waals surface area contributed by atoms with Crippen LogP contribution in [-0.4, -0.2) is 0 Å². The molecule has 0 spiro atoms. The maximum atomic E-state index is 9.45. The average Bonchev–Trinajstić information content (AvgIpc) is 2.47. The van der Waals surface area contributed by atoms with Gasteiger partial charge in [0.05, 0.1) is 6.07 Å². The van der Waals surface area contributed by atoms with Crippen molar-refractivity contribution < 1.29 is 0 Å². The number of thioether (sulfide) groups is 1. The van der Waals surface area contributed by atoms with E-state index in [0.29, 0.717) is 0 Å². The summed E-state index contributed by atoms with van der Waals surface area (Å²) >= 11 is 1.67. The van der Waals surface area contributed by atoms with Crippen LogP contribution in [0, 0.1) is 11.3 Å². The summed E-state index contributed by atoms with van der Waals surface area (Å²) < 4.78 is -0.489. The van der Waals surface area contributed by atoms with E-state index in [9.17, 15) is 5.26 Å². The molecule has 0 amide bonds. The molecule has 90 valence electrons. The van der Waals surface area contributed by atoms with E-state index in [1.807, 2.05) is 55.5 Å². The van der Waals surface area contributed by atoms with Gasteiger partial charge in [-0.1, -0.05) is 60.7 Å². The highest BCUT2D eigenvalue weighted by Crippen LogP contribution is 2.37. The number of rotatable bonds is 4. The molecule has 0 aliphatic heterocycles. The van der Waals surface area contributed by atoms with Gasteiger partial charge in [-0.2, -0.15) is 5.26 Å². The fraction of sp³-hybridized carbons (Fsp3) is 0.188. The van der Waals surface area contributed by atoms with Crippen LogP contribution in [0.5, 0.6) is 0 Å². The summed E-state index contributed by atoms with van der Waals surface area (Å²) in [6, 6.07) is 22.6. The van der Waals surface area contributed by atoms with Crippen LogP contribution < -0.4 is 0 Å². The normalized spacial score (nSPS) is 13.6. The number of benzene rings is 2. The average molecular weight is 253 g/mol. The Labute approximate surface area is 112 Å². The maximum Gasteiger partial charge on any atom is 0.125 e. The van der Waals surface area contributed by atoms with Gasteiger partial charge in [0.25, 0.3) is 0 Å². The highest BCUT2D eigenvalue weighted by molar-refractivity contribution is 7.99. The van der Waals surface area contributed by atoms with E-state index in [0.717, 1.165) is 11.3 Å². The Balaban J connectivity index is 2.13. The SMILES string of the molecule is CC(C#N)(SCc1ccccc1)c1ccccc1. The van der Waals surface area contributed by atoms with E-state index >= 15 is 0 Å². The minimum absolute atomic E-state index is 0.489. The second-order valence-electron chi connectivity index (χ2n) is 4.29. The van der Waals surface area contributed by atoms with Gasteiger partial charge in [0.1, 0.15) is 4.75 Å². The topological polar surface area (TPSA) is 23.8 Å². The van der Waals surface area contributed by atoms with Crippen molar-refractivity contribution in [2.45, 2.75) is 17.4 Å². The summed E-state index contributed by atoms with van der Waals surface area (Å²) in [4.78, 5) is 0. The quantitative estimate of drug-likeness (QED) is 0.808. The maximum absolute atomic E-state index is 9.45.